The summed E-state index contributed by atoms with van der Waals surface area (Å²) in [4.78, 5) is 0. The van der Waals surface area contributed by atoms with Gasteiger partial charge in [-0.1, -0.05) is 0 Å². The molecule has 0 aromatic rings. The second-order valence-corrected chi connectivity index (χ2v) is 6.02. The van der Waals surface area contributed by atoms with Gasteiger partial charge in [0.1, 0.15) is 0 Å². The molecule has 0 spiro atoms. The largest absolute Gasteiger partial charge is 0.392 e. The number of hydrogen-bond acceptors (Lipinski definition) is 4. The van der Waals surface area contributed by atoms with Gasteiger partial charge in [-0.05, 0) is 20.3 Å². The van der Waals surface area contributed by atoms with Crippen molar-refractivity contribution in [1.29, 1.82) is 0 Å². The highest BCUT2D eigenvalue weighted by atomic mass is 32.2. The van der Waals surface area contributed by atoms with Gasteiger partial charge in [0.2, 0.25) is 0 Å². The van der Waals surface area contributed by atoms with E-state index < -0.39 is 15.9 Å². The third-order valence-corrected chi connectivity index (χ3v) is 4.22. The third kappa shape index (κ3) is 3.25. The molecule has 0 radical (unpaired) electrons. The fraction of sp³-hybridized carbons (Fsp3) is 1.00. The molecule has 3 atom stereocenters. The minimum absolute atomic E-state index is 0.0228. The molecule has 1 fully saturated rings. The molecule has 1 saturated heterocycles. The maximum Gasteiger partial charge on any atom is 0.151 e. The van der Waals surface area contributed by atoms with E-state index >= 15 is 0 Å². The lowest BCUT2D eigenvalue weighted by atomic mass is 10.1. The van der Waals surface area contributed by atoms with Crippen LogP contribution < -0.4 is 5.32 Å². The summed E-state index contributed by atoms with van der Waals surface area (Å²) in [6.45, 7) is 3.55. The van der Waals surface area contributed by atoms with Crippen LogP contribution in [0.15, 0.2) is 0 Å². The zero-order chi connectivity index (χ0) is 10.1. The van der Waals surface area contributed by atoms with E-state index in [-0.39, 0.29) is 23.6 Å². The highest BCUT2D eigenvalue weighted by Gasteiger charge is 2.29. The van der Waals surface area contributed by atoms with Crippen LogP contribution in [0.5, 0.6) is 0 Å². The van der Waals surface area contributed by atoms with Crippen LogP contribution in [-0.2, 0) is 9.84 Å². The second-order valence-electron chi connectivity index (χ2n) is 3.80. The first-order chi connectivity index (χ1) is 5.91. The lowest BCUT2D eigenvalue weighted by Crippen LogP contribution is -2.42. The van der Waals surface area contributed by atoms with E-state index in [1.54, 1.807) is 6.92 Å². The Kier molecular flexibility index (Phi) is 3.32. The van der Waals surface area contributed by atoms with Crippen LogP contribution in [0.1, 0.15) is 20.3 Å². The number of hydrogen-bond donors (Lipinski definition) is 2. The molecule has 1 aliphatic heterocycles. The SMILES string of the molecule is CC(O)C(C)NC1CCS(=O)(=O)C1. The molecule has 78 valence electrons. The van der Waals surface area contributed by atoms with E-state index in [4.69, 9.17) is 0 Å². The Bertz CT molecular complexity index is 261. The molecule has 0 aromatic heterocycles. The number of nitrogens with one attached hydrogen (secondary N) is 1. The topological polar surface area (TPSA) is 66.4 Å². The summed E-state index contributed by atoms with van der Waals surface area (Å²) in [6, 6.07) is -0.0205. The van der Waals surface area contributed by atoms with Crippen molar-refractivity contribution in [1.82, 2.24) is 5.32 Å². The fourth-order valence-corrected chi connectivity index (χ4v) is 3.12. The van der Waals surface area contributed by atoms with Crippen molar-refractivity contribution in [2.24, 2.45) is 0 Å². The van der Waals surface area contributed by atoms with Gasteiger partial charge in [-0.3, -0.25) is 0 Å². The standard InChI is InChI=1S/C8H17NO3S/c1-6(7(2)10)9-8-3-4-13(11,12)5-8/h6-10H,3-5H2,1-2H3. The molecule has 0 aliphatic carbocycles. The molecule has 2 N–H and O–H groups in total. The Morgan fingerprint density at radius 3 is 2.46 bits per heavy atom. The minimum Gasteiger partial charge on any atom is -0.392 e. The number of rotatable bonds is 3. The molecular formula is C8H17NO3S. The summed E-state index contributed by atoms with van der Waals surface area (Å²) in [7, 11) is -2.81. The summed E-state index contributed by atoms with van der Waals surface area (Å²) < 4.78 is 22.2. The van der Waals surface area contributed by atoms with Gasteiger partial charge in [-0.2, -0.15) is 0 Å². The molecule has 0 bridgehead atoms. The maximum atomic E-state index is 11.1. The molecule has 1 aliphatic rings. The Balaban J connectivity index is 2.41. The van der Waals surface area contributed by atoms with Crippen LogP contribution >= 0.6 is 0 Å². The van der Waals surface area contributed by atoms with Crippen molar-refractivity contribution < 1.29 is 13.5 Å². The quantitative estimate of drug-likeness (QED) is 0.657. The van der Waals surface area contributed by atoms with Crippen molar-refractivity contribution in [3.05, 3.63) is 0 Å². The van der Waals surface area contributed by atoms with Gasteiger partial charge in [0.05, 0.1) is 17.6 Å². The average Bonchev–Trinajstić information content (AvgIpc) is 2.30. The van der Waals surface area contributed by atoms with Crippen LogP contribution in [0.2, 0.25) is 0 Å². The van der Waals surface area contributed by atoms with E-state index in [1.807, 2.05) is 6.92 Å². The summed E-state index contributed by atoms with van der Waals surface area (Å²) in [5, 5.41) is 12.3. The smallest absolute Gasteiger partial charge is 0.151 e. The van der Waals surface area contributed by atoms with Crippen molar-refractivity contribution in [3.63, 3.8) is 0 Å². The van der Waals surface area contributed by atoms with Crippen molar-refractivity contribution in [2.45, 2.75) is 38.5 Å². The van der Waals surface area contributed by atoms with E-state index in [2.05, 4.69) is 5.32 Å². The normalized spacial score (nSPS) is 31.5. The van der Waals surface area contributed by atoms with Crippen molar-refractivity contribution in [3.8, 4) is 0 Å². The number of aliphatic hydroxyl groups excluding tert-OH is 1. The highest BCUT2D eigenvalue weighted by molar-refractivity contribution is 7.91. The van der Waals surface area contributed by atoms with Crippen LogP contribution in [0.4, 0.5) is 0 Å². The van der Waals surface area contributed by atoms with Gasteiger partial charge < -0.3 is 10.4 Å². The van der Waals surface area contributed by atoms with Gasteiger partial charge in [0, 0.05) is 12.1 Å². The molecule has 0 aromatic carbocycles. The van der Waals surface area contributed by atoms with Crippen molar-refractivity contribution in [2.75, 3.05) is 11.5 Å². The Labute approximate surface area is 79.3 Å². The first kappa shape index (κ1) is 10.9. The van der Waals surface area contributed by atoms with Crippen LogP contribution in [-0.4, -0.2) is 43.2 Å². The van der Waals surface area contributed by atoms with Gasteiger partial charge in [0.25, 0.3) is 0 Å². The summed E-state index contributed by atoms with van der Waals surface area (Å²) in [6.07, 6.45) is 0.225. The number of sulfone groups is 1. The van der Waals surface area contributed by atoms with E-state index in [9.17, 15) is 13.5 Å². The van der Waals surface area contributed by atoms with Gasteiger partial charge in [-0.15, -0.1) is 0 Å². The zero-order valence-corrected chi connectivity index (χ0v) is 8.84. The Morgan fingerprint density at radius 2 is 2.08 bits per heavy atom. The summed E-state index contributed by atoms with van der Waals surface area (Å²) in [5.74, 6) is 0.487. The summed E-state index contributed by atoms with van der Waals surface area (Å²) >= 11 is 0. The third-order valence-electron chi connectivity index (χ3n) is 2.45. The molecule has 1 rings (SSSR count). The number of aliphatic hydroxyl groups is 1. The fourth-order valence-electron chi connectivity index (χ4n) is 1.44. The van der Waals surface area contributed by atoms with Crippen LogP contribution in [0.3, 0.4) is 0 Å². The molecule has 0 amide bonds. The molecule has 1 heterocycles. The van der Waals surface area contributed by atoms with Crippen molar-refractivity contribution >= 4 is 9.84 Å². The first-order valence-electron chi connectivity index (χ1n) is 4.55. The maximum absolute atomic E-state index is 11.1. The predicted molar refractivity (Wildman–Crippen MR) is 51.3 cm³/mol. The van der Waals surface area contributed by atoms with Crippen LogP contribution in [0.25, 0.3) is 0 Å². The molecule has 4 nitrogen and oxygen atoms in total. The molecule has 13 heavy (non-hydrogen) atoms. The summed E-state index contributed by atoms with van der Waals surface area (Å²) in [5.41, 5.74) is 0. The predicted octanol–water partition coefficient (Wildman–Crippen LogP) is -0.468. The monoisotopic (exact) mass is 207 g/mol. The molecule has 3 unspecified atom stereocenters. The highest BCUT2D eigenvalue weighted by Crippen LogP contribution is 2.12. The van der Waals surface area contributed by atoms with Gasteiger partial charge >= 0.3 is 0 Å². The van der Waals surface area contributed by atoms with E-state index in [1.165, 1.54) is 0 Å². The molecule has 0 saturated carbocycles. The Hall–Kier alpha value is -0.130. The van der Waals surface area contributed by atoms with Gasteiger partial charge in [-0.25, -0.2) is 8.42 Å². The van der Waals surface area contributed by atoms with E-state index in [0.29, 0.717) is 6.42 Å². The lowest BCUT2D eigenvalue weighted by molar-refractivity contribution is 0.147. The van der Waals surface area contributed by atoms with Crippen LogP contribution in [0, 0.1) is 0 Å². The minimum atomic E-state index is -2.81. The van der Waals surface area contributed by atoms with E-state index in [0.717, 1.165) is 0 Å². The molecular weight excluding hydrogens is 190 g/mol. The molecule has 5 heteroatoms. The second kappa shape index (κ2) is 3.94. The lowest BCUT2D eigenvalue weighted by Gasteiger charge is -2.20. The zero-order valence-electron chi connectivity index (χ0n) is 8.03. The Morgan fingerprint density at radius 1 is 1.46 bits per heavy atom. The average molecular weight is 207 g/mol. The van der Waals surface area contributed by atoms with Gasteiger partial charge in [0.15, 0.2) is 9.84 Å². The first-order valence-corrected chi connectivity index (χ1v) is 6.37.